The highest BCUT2D eigenvalue weighted by Gasteiger charge is 2.31. The molecule has 144 valence electrons. The van der Waals surface area contributed by atoms with Crippen LogP contribution < -0.4 is 9.47 Å². The Bertz CT molecular complexity index is 965. The predicted molar refractivity (Wildman–Crippen MR) is 82.3 cm³/mol. The van der Waals surface area contributed by atoms with Crippen molar-refractivity contribution in [3.8, 4) is 22.6 Å². The third kappa shape index (κ3) is 4.41. The maximum Gasteiger partial charge on any atom is 0.573 e. The standard InChI is InChI=1S/C16H11F6N3O2/c1-26-14-7-10(27-16(20,21)22)3-4-11(14)9-2-5-12-13(6-9)25(24-23-12)8-15(17,18)19/h2-7H,8H2,1H3. The Balaban J connectivity index is 2.02. The van der Waals surface area contributed by atoms with Crippen LogP contribution in [0.25, 0.3) is 22.2 Å². The Morgan fingerprint density at radius 2 is 1.74 bits per heavy atom. The lowest BCUT2D eigenvalue weighted by Gasteiger charge is -2.13. The summed E-state index contributed by atoms with van der Waals surface area (Å²) < 4.78 is 84.6. The Labute approximate surface area is 148 Å². The summed E-state index contributed by atoms with van der Waals surface area (Å²) in [5.74, 6) is -0.418. The van der Waals surface area contributed by atoms with Crippen LogP contribution in [0.2, 0.25) is 0 Å². The molecule has 1 aromatic heterocycles. The summed E-state index contributed by atoms with van der Waals surface area (Å²) in [6.45, 7) is -1.32. The van der Waals surface area contributed by atoms with Crippen LogP contribution in [0.4, 0.5) is 26.3 Å². The molecule has 11 heteroatoms. The number of benzene rings is 2. The Hall–Kier alpha value is -2.98. The molecule has 0 spiro atoms. The van der Waals surface area contributed by atoms with E-state index in [1.165, 1.54) is 25.3 Å². The van der Waals surface area contributed by atoms with Crippen LogP contribution in [-0.2, 0) is 6.54 Å². The molecule has 0 unspecified atom stereocenters. The van der Waals surface area contributed by atoms with Crippen LogP contribution in [0.5, 0.6) is 11.5 Å². The first-order valence-electron chi connectivity index (χ1n) is 7.40. The lowest BCUT2D eigenvalue weighted by atomic mass is 10.0. The van der Waals surface area contributed by atoms with Gasteiger partial charge >= 0.3 is 12.5 Å². The molecule has 27 heavy (non-hydrogen) atoms. The van der Waals surface area contributed by atoms with Crippen molar-refractivity contribution in [2.45, 2.75) is 19.1 Å². The summed E-state index contributed by atoms with van der Waals surface area (Å²) in [6.07, 6.45) is -9.34. The molecule has 0 aliphatic heterocycles. The summed E-state index contributed by atoms with van der Waals surface area (Å²) in [5, 5.41) is 7.15. The molecule has 0 fully saturated rings. The number of fused-ring (bicyclic) bond motifs is 1. The molecule has 0 saturated heterocycles. The van der Waals surface area contributed by atoms with Crippen molar-refractivity contribution in [2.24, 2.45) is 0 Å². The van der Waals surface area contributed by atoms with Crippen molar-refractivity contribution in [1.82, 2.24) is 15.0 Å². The minimum atomic E-state index is -4.86. The number of halogens is 6. The molecule has 0 N–H and O–H groups in total. The topological polar surface area (TPSA) is 49.2 Å². The van der Waals surface area contributed by atoms with Crippen LogP contribution in [0, 0.1) is 0 Å². The first-order valence-corrected chi connectivity index (χ1v) is 7.40. The van der Waals surface area contributed by atoms with Crippen molar-refractivity contribution >= 4 is 11.0 Å². The highest BCUT2D eigenvalue weighted by atomic mass is 19.4. The second kappa shape index (κ2) is 6.63. The third-order valence-electron chi connectivity index (χ3n) is 3.56. The molecule has 0 aliphatic carbocycles. The fourth-order valence-electron chi connectivity index (χ4n) is 2.53. The van der Waals surface area contributed by atoms with Gasteiger partial charge in [0.25, 0.3) is 0 Å². The maximum atomic E-state index is 12.7. The molecule has 0 radical (unpaired) electrons. The summed E-state index contributed by atoms with van der Waals surface area (Å²) in [5.41, 5.74) is 1.17. The highest BCUT2D eigenvalue weighted by Crippen LogP contribution is 2.36. The molecular weight excluding hydrogens is 380 g/mol. The number of alkyl halides is 6. The fraction of sp³-hybridized carbons (Fsp3) is 0.250. The average Bonchev–Trinajstić information content (AvgIpc) is 2.93. The maximum absolute atomic E-state index is 12.7. The van der Waals surface area contributed by atoms with Gasteiger partial charge in [0.15, 0.2) is 0 Å². The highest BCUT2D eigenvalue weighted by molar-refractivity contribution is 5.83. The van der Waals surface area contributed by atoms with Gasteiger partial charge < -0.3 is 9.47 Å². The molecule has 3 rings (SSSR count). The predicted octanol–water partition coefficient (Wildman–Crippen LogP) is 4.57. The molecule has 0 amide bonds. The van der Waals surface area contributed by atoms with Crippen molar-refractivity contribution < 1.29 is 35.8 Å². The average molecular weight is 391 g/mol. The molecular formula is C16H11F6N3O2. The Kier molecular flexibility index (Phi) is 4.62. The zero-order valence-electron chi connectivity index (χ0n) is 13.6. The van der Waals surface area contributed by atoms with Crippen molar-refractivity contribution in [3.63, 3.8) is 0 Å². The summed E-state index contributed by atoms with van der Waals surface area (Å²) >= 11 is 0. The van der Waals surface area contributed by atoms with Gasteiger partial charge in [0.2, 0.25) is 0 Å². The van der Waals surface area contributed by atoms with Crippen molar-refractivity contribution in [2.75, 3.05) is 7.11 Å². The lowest BCUT2D eigenvalue weighted by molar-refractivity contribution is -0.274. The molecule has 0 atom stereocenters. The normalized spacial score (nSPS) is 12.4. The van der Waals surface area contributed by atoms with Gasteiger partial charge in [-0.3, -0.25) is 0 Å². The van der Waals surface area contributed by atoms with Crippen LogP contribution in [0.1, 0.15) is 0 Å². The smallest absolute Gasteiger partial charge is 0.496 e. The number of ether oxygens (including phenoxy) is 2. The quantitative estimate of drug-likeness (QED) is 0.612. The number of methoxy groups -OCH3 is 1. The van der Waals surface area contributed by atoms with Gasteiger partial charge in [-0.25, -0.2) is 4.68 Å². The fourth-order valence-corrected chi connectivity index (χ4v) is 2.53. The second-order valence-corrected chi connectivity index (χ2v) is 5.48. The number of rotatable bonds is 4. The molecule has 0 aliphatic rings. The summed E-state index contributed by atoms with van der Waals surface area (Å²) in [6, 6.07) is 7.86. The van der Waals surface area contributed by atoms with Gasteiger partial charge in [0.05, 0.1) is 12.6 Å². The van der Waals surface area contributed by atoms with E-state index in [0.29, 0.717) is 15.8 Å². The van der Waals surface area contributed by atoms with Crippen molar-refractivity contribution in [1.29, 1.82) is 0 Å². The molecule has 1 heterocycles. The molecule has 0 bridgehead atoms. The number of hydrogen-bond acceptors (Lipinski definition) is 4. The lowest BCUT2D eigenvalue weighted by Crippen LogP contribution is -2.18. The van der Waals surface area contributed by atoms with Crippen LogP contribution in [0.15, 0.2) is 36.4 Å². The van der Waals surface area contributed by atoms with Gasteiger partial charge in [-0.05, 0) is 29.8 Å². The van der Waals surface area contributed by atoms with E-state index >= 15 is 0 Å². The second-order valence-electron chi connectivity index (χ2n) is 5.48. The minimum absolute atomic E-state index is 0.0611. The first kappa shape index (κ1) is 18.8. The third-order valence-corrected chi connectivity index (χ3v) is 3.56. The number of aromatic nitrogens is 3. The van der Waals surface area contributed by atoms with Crippen LogP contribution in [-0.4, -0.2) is 34.6 Å². The van der Waals surface area contributed by atoms with Crippen molar-refractivity contribution in [3.05, 3.63) is 36.4 Å². The zero-order chi connectivity index (χ0) is 19.8. The Morgan fingerprint density at radius 3 is 2.37 bits per heavy atom. The van der Waals surface area contributed by atoms with E-state index < -0.39 is 24.8 Å². The SMILES string of the molecule is COc1cc(OC(F)(F)F)ccc1-c1ccc2nnn(CC(F)(F)F)c2c1. The van der Waals surface area contributed by atoms with E-state index in [1.807, 2.05) is 0 Å². The summed E-state index contributed by atoms with van der Waals surface area (Å²) in [7, 11) is 1.25. The monoisotopic (exact) mass is 391 g/mol. The van der Waals surface area contributed by atoms with E-state index in [1.54, 1.807) is 6.07 Å². The molecule has 5 nitrogen and oxygen atoms in total. The van der Waals surface area contributed by atoms with E-state index in [9.17, 15) is 26.3 Å². The summed E-state index contributed by atoms with van der Waals surface area (Å²) in [4.78, 5) is 0. The zero-order valence-corrected chi connectivity index (χ0v) is 13.6. The van der Waals surface area contributed by atoms with Gasteiger partial charge in [0.1, 0.15) is 23.6 Å². The van der Waals surface area contributed by atoms with Gasteiger partial charge in [-0.15, -0.1) is 18.3 Å². The largest absolute Gasteiger partial charge is 0.573 e. The molecule has 3 aromatic rings. The van der Waals surface area contributed by atoms with E-state index in [2.05, 4.69) is 15.0 Å². The van der Waals surface area contributed by atoms with E-state index in [-0.39, 0.29) is 16.8 Å². The number of hydrogen-bond donors (Lipinski definition) is 0. The van der Waals surface area contributed by atoms with E-state index in [0.717, 1.165) is 12.1 Å². The van der Waals surface area contributed by atoms with Gasteiger partial charge in [-0.1, -0.05) is 11.3 Å². The first-order chi connectivity index (χ1) is 12.6. The van der Waals surface area contributed by atoms with E-state index in [4.69, 9.17) is 4.74 Å². The van der Waals surface area contributed by atoms with Crippen LogP contribution in [0.3, 0.4) is 0 Å². The molecule has 2 aromatic carbocycles. The molecule has 0 saturated carbocycles. The Morgan fingerprint density at radius 1 is 1.00 bits per heavy atom. The number of nitrogens with zero attached hydrogens (tertiary/aromatic N) is 3. The van der Waals surface area contributed by atoms with Crippen LogP contribution >= 0.6 is 0 Å². The van der Waals surface area contributed by atoms with Gasteiger partial charge in [0, 0.05) is 11.6 Å². The van der Waals surface area contributed by atoms with Gasteiger partial charge in [-0.2, -0.15) is 13.2 Å². The minimum Gasteiger partial charge on any atom is -0.496 e.